The van der Waals surface area contributed by atoms with Crippen molar-refractivity contribution in [2.24, 2.45) is 11.3 Å². The van der Waals surface area contributed by atoms with Crippen molar-refractivity contribution in [1.82, 2.24) is 4.90 Å². The monoisotopic (exact) mass is 483 g/mol. The molecule has 0 spiro atoms. The average Bonchev–Trinajstić information content (AvgIpc) is 3.12. The SMILES string of the molecule is Cc1ccc(NC(=O)c2c(NC(=O)CN3CCOCC3)sc3c2CCC(C(C)(C)C)C3)c(C)c1. The van der Waals surface area contributed by atoms with Gasteiger partial charge in [0.1, 0.15) is 5.00 Å². The van der Waals surface area contributed by atoms with Crippen molar-refractivity contribution in [3.8, 4) is 0 Å². The quantitative estimate of drug-likeness (QED) is 0.625. The number of nitrogens with zero attached hydrogens (tertiary/aromatic N) is 1. The van der Waals surface area contributed by atoms with Crippen LogP contribution >= 0.6 is 11.3 Å². The zero-order chi connectivity index (χ0) is 24.5. The highest BCUT2D eigenvalue weighted by atomic mass is 32.1. The van der Waals surface area contributed by atoms with Crippen LogP contribution in [-0.4, -0.2) is 49.6 Å². The maximum atomic E-state index is 13.6. The number of rotatable bonds is 5. The highest BCUT2D eigenvalue weighted by Gasteiger charge is 2.34. The number of anilines is 2. The molecule has 184 valence electrons. The van der Waals surface area contributed by atoms with E-state index in [9.17, 15) is 9.59 Å². The molecular weight excluding hydrogens is 446 g/mol. The van der Waals surface area contributed by atoms with Gasteiger partial charge in [-0.15, -0.1) is 11.3 Å². The number of aryl methyl sites for hydroxylation is 2. The van der Waals surface area contributed by atoms with E-state index in [1.807, 2.05) is 26.0 Å². The van der Waals surface area contributed by atoms with E-state index >= 15 is 0 Å². The topological polar surface area (TPSA) is 70.7 Å². The van der Waals surface area contributed by atoms with Crippen molar-refractivity contribution in [3.63, 3.8) is 0 Å². The van der Waals surface area contributed by atoms with Crippen LogP contribution in [0.3, 0.4) is 0 Å². The number of thiophene rings is 1. The molecule has 6 nitrogen and oxygen atoms in total. The summed E-state index contributed by atoms with van der Waals surface area (Å²) in [6.07, 6.45) is 2.87. The minimum absolute atomic E-state index is 0.0755. The Hall–Kier alpha value is -2.22. The van der Waals surface area contributed by atoms with Crippen LogP contribution < -0.4 is 10.6 Å². The third-order valence-electron chi connectivity index (χ3n) is 7.07. The molecule has 1 aliphatic carbocycles. The van der Waals surface area contributed by atoms with Crippen molar-refractivity contribution in [1.29, 1.82) is 0 Å². The minimum atomic E-state index is -0.139. The van der Waals surface area contributed by atoms with Gasteiger partial charge in [0, 0.05) is 23.7 Å². The summed E-state index contributed by atoms with van der Waals surface area (Å²) < 4.78 is 5.39. The Kier molecular flexibility index (Phi) is 7.45. The van der Waals surface area contributed by atoms with Gasteiger partial charge in [-0.1, -0.05) is 38.5 Å². The van der Waals surface area contributed by atoms with Gasteiger partial charge in [0.2, 0.25) is 5.91 Å². The first-order valence-corrected chi connectivity index (χ1v) is 13.1. The van der Waals surface area contributed by atoms with Gasteiger partial charge in [-0.3, -0.25) is 14.5 Å². The number of amides is 2. The molecule has 0 bridgehead atoms. The standard InChI is InChI=1S/C27H37N3O3S/c1-17-6-9-21(18(2)14-17)28-25(32)24-20-8-7-19(27(3,4)5)15-22(20)34-26(24)29-23(31)16-30-10-12-33-13-11-30/h6,9,14,19H,7-8,10-13,15-16H2,1-5H3,(H,28,32)(H,29,31). The zero-order valence-corrected chi connectivity index (χ0v) is 21.9. The van der Waals surface area contributed by atoms with Crippen molar-refractivity contribution >= 4 is 33.8 Å². The van der Waals surface area contributed by atoms with Gasteiger partial charge in [0.05, 0.1) is 25.3 Å². The summed E-state index contributed by atoms with van der Waals surface area (Å²) in [5, 5.41) is 6.89. The predicted octanol–water partition coefficient (Wildman–Crippen LogP) is 5.04. The van der Waals surface area contributed by atoms with Crippen LogP contribution in [0.2, 0.25) is 0 Å². The molecule has 1 saturated heterocycles. The molecule has 2 N–H and O–H groups in total. The first-order chi connectivity index (χ1) is 16.1. The van der Waals surface area contributed by atoms with E-state index in [2.05, 4.69) is 42.4 Å². The molecule has 2 aliphatic rings. The highest BCUT2D eigenvalue weighted by Crippen LogP contribution is 2.44. The van der Waals surface area contributed by atoms with Crippen LogP contribution in [0.1, 0.15) is 59.1 Å². The second-order valence-corrected chi connectivity index (χ2v) is 11.8. The predicted molar refractivity (Wildman–Crippen MR) is 139 cm³/mol. The summed E-state index contributed by atoms with van der Waals surface area (Å²) >= 11 is 1.58. The molecule has 0 saturated carbocycles. The normalized spacial score (nSPS) is 18.9. The van der Waals surface area contributed by atoms with Crippen molar-refractivity contribution < 1.29 is 14.3 Å². The molecule has 2 amide bonds. The first kappa shape index (κ1) is 24.9. The van der Waals surface area contributed by atoms with Crippen LogP contribution in [0, 0.1) is 25.2 Å². The molecule has 0 radical (unpaired) electrons. The fraction of sp³-hybridized carbons (Fsp3) is 0.556. The number of hydrogen-bond acceptors (Lipinski definition) is 5. The number of nitrogens with one attached hydrogen (secondary N) is 2. The van der Waals surface area contributed by atoms with Crippen molar-refractivity contribution in [3.05, 3.63) is 45.3 Å². The maximum absolute atomic E-state index is 13.6. The number of ether oxygens (including phenoxy) is 1. The molecular formula is C27H37N3O3S. The van der Waals surface area contributed by atoms with Gasteiger partial charge in [-0.25, -0.2) is 0 Å². The summed E-state index contributed by atoms with van der Waals surface area (Å²) in [6.45, 7) is 14.0. The zero-order valence-electron chi connectivity index (χ0n) is 21.0. The molecule has 1 atom stereocenters. The molecule has 7 heteroatoms. The summed E-state index contributed by atoms with van der Waals surface area (Å²) in [5.74, 6) is 0.347. The minimum Gasteiger partial charge on any atom is -0.379 e. The van der Waals surface area contributed by atoms with Gasteiger partial charge in [0.15, 0.2) is 0 Å². The fourth-order valence-electron chi connectivity index (χ4n) is 4.92. The van der Waals surface area contributed by atoms with Gasteiger partial charge >= 0.3 is 0 Å². The van der Waals surface area contributed by atoms with E-state index in [-0.39, 0.29) is 17.2 Å². The second kappa shape index (κ2) is 10.2. The van der Waals surface area contributed by atoms with Gasteiger partial charge < -0.3 is 15.4 Å². The maximum Gasteiger partial charge on any atom is 0.258 e. The Labute approximate surface area is 207 Å². The highest BCUT2D eigenvalue weighted by molar-refractivity contribution is 7.17. The van der Waals surface area contributed by atoms with E-state index in [0.717, 1.165) is 54.7 Å². The van der Waals surface area contributed by atoms with Crippen molar-refractivity contribution in [2.45, 2.75) is 53.9 Å². The Morgan fingerprint density at radius 2 is 1.88 bits per heavy atom. The van der Waals surface area contributed by atoms with Crippen LogP contribution in [0.15, 0.2) is 18.2 Å². The van der Waals surface area contributed by atoms with Crippen LogP contribution in [0.25, 0.3) is 0 Å². The lowest BCUT2D eigenvalue weighted by molar-refractivity contribution is -0.118. The van der Waals surface area contributed by atoms with E-state index in [1.54, 1.807) is 11.3 Å². The molecule has 34 heavy (non-hydrogen) atoms. The lowest BCUT2D eigenvalue weighted by atomic mass is 9.72. The molecule has 1 aromatic carbocycles. The van der Waals surface area contributed by atoms with Gasteiger partial charge in [-0.2, -0.15) is 0 Å². The largest absolute Gasteiger partial charge is 0.379 e. The summed E-state index contributed by atoms with van der Waals surface area (Å²) in [5.41, 5.74) is 4.96. The number of morpholine rings is 1. The van der Waals surface area contributed by atoms with Crippen LogP contribution in [0.4, 0.5) is 10.7 Å². The van der Waals surface area contributed by atoms with E-state index < -0.39 is 0 Å². The molecule has 1 aliphatic heterocycles. The van der Waals surface area contributed by atoms with E-state index in [0.29, 0.717) is 36.2 Å². The molecule has 2 heterocycles. The third-order valence-corrected chi connectivity index (χ3v) is 8.24. The Balaban J connectivity index is 1.60. The summed E-state index contributed by atoms with van der Waals surface area (Å²) in [7, 11) is 0. The lowest BCUT2D eigenvalue weighted by Gasteiger charge is -2.33. The first-order valence-electron chi connectivity index (χ1n) is 12.2. The molecule has 1 unspecified atom stereocenters. The van der Waals surface area contributed by atoms with E-state index in [1.165, 1.54) is 4.88 Å². The number of carbonyl (C=O) groups excluding carboxylic acids is 2. The third kappa shape index (κ3) is 5.70. The lowest BCUT2D eigenvalue weighted by Crippen LogP contribution is -2.41. The number of hydrogen-bond donors (Lipinski definition) is 2. The molecule has 4 rings (SSSR count). The second-order valence-electron chi connectivity index (χ2n) is 10.7. The smallest absolute Gasteiger partial charge is 0.258 e. The number of fused-ring (bicyclic) bond motifs is 1. The van der Waals surface area contributed by atoms with Crippen LogP contribution in [-0.2, 0) is 22.4 Å². The average molecular weight is 484 g/mol. The number of carbonyl (C=O) groups is 2. The number of benzene rings is 1. The van der Waals surface area contributed by atoms with Gasteiger partial charge in [0.25, 0.3) is 5.91 Å². The molecule has 2 aromatic rings. The van der Waals surface area contributed by atoms with Crippen LogP contribution in [0.5, 0.6) is 0 Å². The fourth-order valence-corrected chi connectivity index (χ4v) is 6.26. The molecule has 1 fully saturated rings. The molecule has 1 aromatic heterocycles. The van der Waals surface area contributed by atoms with Crippen molar-refractivity contribution in [2.75, 3.05) is 43.5 Å². The Morgan fingerprint density at radius 1 is 1.15 bits per heavy atom. The summed E-state index contributed by atoms with van der Waals surface area (Å²) in [6, 6.07) is 6.02. The van der Waals surface area contributed by atoms with Gasteiger partial charge in [-0.05, 0) is 61.6 Å². The Bertz CT molecular complexity index is 1060. The van der Waals surface area contributed by atoms with E-state index in [4.69, 9.17) is 4.74 Å². The summed E-state index contributed by atoms with van der Waals surface area (Å²) in [4.78, 5) is 29.8. The Morgan fingerprint density at radius 3 is 2.56 bits per heavy atom.